The van der Waals surface area contributed by atoms with Crippen molar-refractivity contribution in [3.05, 3.63) is 0 Å². The Labute approximate surface area is 153 Å². The normalized spacial score (nSPS) is 9.48. The minimum atomic E-state index is -1.64. The molecule has 0 amide bonds. The van der Waals surface area contributed by atoms with Crippen LogP contribution in [0.3, 0.4) is 0 Å². The van der Waals surface area contributed by atoms with Crippen molar-refractivity contribution in [2.75, 3.05) is 61.1 Å². The molecule has 0 aliphatic rings. The van der Waals surface area contributed by atoms with Crippen molar-refractivity contribution in [3.63, 3.8) is 0 Å². The van der Waals surface area contributed by atoms with Gasteiger partial charge in [0.2, 0.25) is 0 Å². The van der Waals surface area contributed by atoms with Crippen molar-refractivity contribution in [1.82, 2.24) is 4.90 Å². The average Bonchev–Trinajstić information content (AvgIpc) is 1.88. The van der Waals surface area contributed by atoms with E-state index in [9.17, 15) is 4.57 Å². The van der Waals surface area contributed by atoms with E-state index >= 15 is 0 Å². The molecule has 0 saturated heterocycles. The molecule has 0 N–H and O–H groups in total. The molecule has 0 aliphatic carbocycles. The second-order valence-corrected chi connectivity index (χ2v) is 15.8. The van der Waals surface area contributed by atoms with Crippen molar-refractivity contribution in [2.24, 2.45) is 5.41 Å². The lowest BCUT2D eigenvalue weighted by atomic mass is 9.58. The molecule has 0 unspecified atom stereocenters. The van der Waals surface area contributed by atoms with E-state index in [0.29, 0.717) is 13.3 Å². The van der Waals surface area contributed by atoms with Crippen LogP contribution in [0.1, 0.15) is 35.1 Å². The molecule has 0 atom stereocenters. The number of nitrogens with zero attached hydrogens (tertiary/aromatic N) is 1. The van der Waals surface area contributed by atoms with Gasteiger partial charge in [-0.3, -0.25) is 0 Å². The second kappa shape index (κ2) is 22.7. The molecule has 0 radical (unpaired) electrons. The Hall–Kier alpha value is 0.685. The fourth-order valence-corrected chi connectivity index (χ4v) is 0. The van der Waals surface area contributed by atoms with Gasteiger partial charge in [0, 0.05) is 0 Å². The van der Waals surface area contributed by atoms with E-state index in [2.05, 4.69) is 68.2 Å². The molecule has 0 saturated carbocycles. The molecule has 0 aromatic carbocycles. The third kappa shape index (κ3) is 20700. The largest absolute Gasteiger partial charge is 0.324 e. The third-order valence-corrected chi connectivity index (χ3v) is 0. The molecular formula is C18H52BNOP2. The molecule has 0 fully saturated rings. The topological polar surface area (TPSA) is 20.3 Å². The van der Waals surface area contributed by atoms with Crippen LogP contribution in [0.15, 0.2) is 0 Å². The summed E-state index contributed by atoms with van der Waals surface area (Å²) in [5, 5.41) is 0. The molecular weight excluding hydrogens is 319 g/mol. The Balaban J connectivity index is -0.0000000390. The minimum absolute atomic E-state index is 0. The van der Waals surface area contributed by atoms with E-state index in [1.54, 1.807) is 20.0 Å². The van der Waals surface area contributed by atoms with Crippen molar-refractivity contribution in [1.29, 1.82) is 0 Å². The lowest BCUT2D eigenvalue weighted by Crippen LogP contribution is -1.99. The molecule has 148 valence electrons. The number of rotatable bonds is 0. The fourth-order valence-electron chi connectivity index (χ4n) is 0. The molecule has 2 nitrogen and oxygen atoms in total. The molecule has 5 heteroatoms. The molecule has 0 spiro atoms. The van der Waals surface area contributed by atoms with Crippen LogP contribution < -0.4 is 0 Å². The van der Waals surface area contributed by atoms with Gasteiger partial charge in [0.15, 0.2) is 0 Å². The fraction of sp³-hybridized carbons (Fsp3) is 1.00. The van der Waals surface area contributed by atoms with Gasteiger partial charge in [-0.2, -0.15) is 0 Å². The van der Waals surface area contributed by atoms with Gasteiger partial charge < -0.3 is 9.46 Å². The van der Waals surface area contributed by atoms with Crippen molar-refractivity contribution in [2.45, 2.75) is 55.6 Å². The van der Waals surface area contributed by atoms with Crippen LogP contribution in [0.5, 0.6) is 0 Å². The van der Waals surface area contributed by atoms with E-state index in [0.717, 1.165) is 6.71 Å². The van der Waals surface area contributed by atoms with Crippen LogP contribution in [0, 0.1) is 5.41 Å². The summed E-state index contributed by atoms with van der Waals surface area (Å²) in [6.45, 7) is 28.0. The monoisotopic (exact) mass is 371 g/mol. The Morgan fingerprint density at radius 1 is 0.826 bits per heavy atom. The predicted octanol–water partition coefficient (Wildman–Crippen LogP) is 6.83. The molecule has 0 bridgehead atoms. The maximum Gasteiger partial charge on any atom is 0.130 e. The first-order valence-electron chi connectivity index (χ1n) is 7.94. The summed E-state index contributed by atoms with van der Waals surface area (Å²) in [5.74, 6) is 0. The Kier molecular flexibility index (Phi) is 38.4. The highest BCUT2D eigenvalue weighted by molar-refractivity contribution is 7.61. The van der Waals surface area contributed by atoms with Gasteiger partial charge in [-0.05, 0) is 66.5 Å². The standard InChI is InChI=1S/C5H12.C3H9B.C3H9N.C3H9OP.C3H9P.CH4/c1-5(2,3)4;2*1-4(2)3;1-5(2,3)4;1-4(2)3;/h1-4H3;2*1-3H3;1-3H3;1-3H3;1H4. The van der Waals surface area contributed by atoms with E-state index < -0.39 is 7.14 Å². The van der Waals surface area contributed by atoms with Crippen molar-refractivity contribution < 1.29 is 4.57 Å². The first kappa shape index (κ1) is 39.0. The van der Waals surface area contributed by atoms with E-state index in [1.165, 1.54) is 0 Å². The molecule has 0 rings (SSSR count). The first-order valence-corrected chi connectivity index (χ1v) is 13.7. The SMILES string of the molecule is C.CB(C)C.CC(C)(C)C.CN(C)C.CP(C)(C)=O.CP(C)C. The zero-order chi connectivity index (χ0) is 19.7. The van der Waals surface area contributed by atoms with Crippen LogP contribution >= 0.6 is 15.1 Å². The highest BCUT2D eigenvalue weighted by atomic mass is 31.2. The smallest absolute Gasteiger partial charge is 0.130 e. The Bertz CT molecular complexity index is 195. The first-order chi connectivity index (χ1) is 9.20. The molecule has 0 aromatic heterocycles. The summed E-state index contributed by atoms with van der Waals surface area (Å²) in [6, 6.07) is 0. The lowest BCUT2D eigenvalue weighted by molar-refractivity contribution is 0.469. The highest BCUT2D eigenvalue weighted by Gasteiger charge is 1.95. The zero-order valence-electron chi connectivity index (χ0n) is 18.8. The van der Waals surface area contributed by atoms with Crippen molar-refractivity contribution >= 4 is 21.8 Å². The Morgan fingerprint density at radius 3 is 0.826 bits per heavy atom. The van der Waals surface area contributed by atoms with Crippen LogP contribution in [0.25, 0.3) is 0 Å². The average molecular weight is 371 g/mol. The van der Waals surface area contributed by atoms with Gasteiger partial charge in [-0.25, -0.2) is 0 Å². The van der Waals surface area contributed by atoms with Gasteiger partial charge in [-0.1, -0.05) is 55.6 Å². The molecule has 23 heavy (non-hydrogen) atoms. The van der Waals surface area contributed by atoms with E-state index in [1.807, 2.05) is 26.0 Å². The Morgan fingerprint density at radius 2 is 0.826 bits per heavy atom. The maximum absolute atomic E-state index is 10.2. The van der Waals surface area contributed by atoms with Crippen LogP contribution in [0.2, 0.25) is 20.5 Å². The summed E-state index contributed by atoms with van der Waals surface area (Å²) in [7, 11) is 4.74. The highest BCUT2D eigenvalue weighted by Crippen LogP contribution is 2.28. The van der Waals surface area contributed by atoms with E-state index in [-0.39, 0.29) is 7.43 Å². The van der Waals surface area contributed by atoms with Crippen molar-refractivity contribution in [3.8, 4) is 0 Å². The summed E-state index contributed by atoms with van der Waals surface area (Å²) < 4.78 is 10.2. The summed E-state index contributed by atoms with van der Waals surface area (Å²) in [5.41, 5.74) is 0.500. The van der Waals surface area contributed by atoms with Gasteiger partial charge in [0.25, 0.3) is 0 Å². The van der Waals surface area contributed by atoms with Crippen LogP contribution in [-0.2, 0) is 4.57 Å². The third-order valence-electron chi connectivity index (χ3n) is 0. The van der Waals surface area contributed by atoms with Crippen LogP contribution in [0.4, 0.5) is 0 Å². The lowest BCUT2D eigenvalue weighted by Gasteiger charge is -2.05. The number of hydrogen-bond donors (Lipinski definition) is 0. The minimum Gasteiger partial charge on any atom is -0.324 e. The summed E-state index contributed by atoms with van der Waals surface area (Å²) in [6.07, 6.45) is 0. The summed E-state index contributed by atoms with van der Waals surface area (Å²) >= 11 is 0. The van der Waals surface area contributed by atoms with Gasteiger partial charge in [0.05, 0.1) is 7.14 Å². The predicted molar refractivity (Wildman–Crippen MR) is 125 cm³/mol. The maximum atomic E-state index is 10.2. The molecule has 0 aliphatic heterocycles. The summed E-state index contributed by atoms with van der Waals surface area (Å²) in [4.78, 5) is 2.00. The molecule has 0 heterocycles. The zero-order valence-corrected chi connectivity index (χ0v) is 20.6. The second-order valence-electron chi connectivity index (χ2n) is 9.30. The van der Waals surface area contributed by atoms with Gasteiger partial charge >= 0.3 is 0 Å². The van der Waals surface area contributed by atoms with Gasteiger partial charge in [-0.15, -0.1) is 7.92 Å². The van der Waals surface area contributed by atoms with Crippen LogP contribution in [-0.4, -0.2) is 72.7 Å². The van der Waals surface area contributed by atoms with E-state index in [4.69, 9.17) is 0 Å². The molecule has 0 aromatic rings. The quantitative estimate of drug-likeness (QED) is 0.343. The number of hydrogen-bond acceptors (Lipinski definition) is 2. The van der Waals surface area contributed by atoms with Gasteiger partial charge in [0.1, 0.15) is 6.71 Å².